The molecule has 174 valence electrons. The van der Waals surface area contributed by atoms with Gasteiger partial charge in [0.05, 0.1) is 17.9 Å². The van der Waals surface area contributed by atoms with Crippen LogP contribution >= 0.6 is 0 Å². The molecule has 4 amide bonds. The normalized spacial score (nSPS) is 26.0. The number of amides is 4. The highest BCUT2D eigenvalue weighted by atomic mass is 16.2. The Kier molecular flexibility index (Phi) is 4.82. The van der Waals surface area contributed by atoms with Crippen molar-refractivity contribution in [3.05, 3.63) is 53.4 Å². The predicted octanol–water partition coefficient (Wildman–Crippen LogP) is 1.35. The third kappa shape index (κ3) is 3.32. The molecular formula is C24H24N6O4. The van der Waals surface area contributed by atoms with Crippen LogP contribution in [0, 0.1) is 0 Å². The monoisotopic (exact) mass is 460 g/mol. The van der Waals surface area contributed by atoms with Crippen LogP contribution in [0.4, 0.5) is 0 Å². The lowest BCUT2D eigenvalue weighted by Gasteiger charge is -2.42. The molecule has 3 unspecified atom stereocenters. The molecule has 2 bridgehead atoms. The summed E-state index contributed by atoms with van der Waals surface area (Å²) >= 11 is 0. The van der Waals surface area contributed by atoms with Crippen molar-refractivity contribution in [2.24, 2.45) is 0 Å². The first-order valence-corrected chi connectivity index (χ1v) is 11.7. The lowest BCUT2D eigenvalue weighted by Crippen LogP contribution is -2.52. The molecule has 1 aromatic carbocycles. The van der Waals surface area contributed by atoms with E-state index in [1.165, 1.54) is 9.58 Å². The molecule has 2 fully saturated rings. The quantitative estimate of drug-likeness (QED) is 0.546. The second-order valence-corrected chi connectivity index (χ2v) is 9.32. The van der Waals surface area contributed by atoms with Gasteiger partial charge in [0, 0.05) is 24.6 Å². The molecule has 5 heterocycles. The number of benzene rings is 1. The molecule has 10 heteroatoms. The molecule has 0 saturated carbocycles. The first-order valence-electron chi connectivity index (χ1n) is 11.7. The fraction of sp³-hybridized carbons (Fsp3) is 0.417. The number of fused-ring (bicyclic) bond motifs is 3. The molecule has 4 aliphatic heterocycles. The SMILES string of the molecule is O=C1CCC(N2Cc3ccc(-n4cc(C(=O)N5C6C=CCC5CCC6)nn4)cc3C2=O)C(=O)N1. The van der Waals surface area contributed by atoms with Gasteiger partial charge in [-0.05, 0) is 49.8 Å². The van der Waals surface area contributed by atoms with Crippen LogP contribution in [-0.4, -0.2) is 66.5 Å². The van der Waals surface area contributed by atoms with E-state index in [4.69, 9.17) is 0 Å². The number of aromatic nitrogens is 3. The molecule has 2 aromatic rings. The maximum atomic E-state index is 13.2. The fourth-order valence-corrected chi connectivity index (χ4v) is 5.55. The Morgan fingerprint density at radius 2 is 2.00 bits per heavy atom. The fourth-order valence-electron chi connectivity index (χ4n) is 5.55. The van der Waals surface area contributed by atoms with Gasteiger partial charge in [-0.25, -0.2) is 4.68 Å². The molecule has 1 N–H and O–H groups in total. The maximum absolute atomic E-state index is 13.2. The number of nitrogens with zero attached hydrogens (tertiary/aromatic N) is 5. The number of nitrogens with one attached hydrogen (secondary N) is 1. The zero-order chi connectivity index (χ0) is 23.4. The van der Waals surface area contributed by atoms with Crippen molar-refractivity contribution in [2.75, 3.05) is 0 Å². The van der Waals surface area contributed by atoms with Gasteiger partial charge in [0.2, 0.25) is 11.8 Å². The van der Waals surface area contributed by atoms with Crippen LogP contribution in [0.3, 0.4) is 0 Å². The zero-order valence-corrected chi connectivity index (χ0v) is 18.5. The largest absolute Gasteiger partial charge is 0.327 e. The minimum atomic E-state index is -0.658. The van der Waals surface area contributed by atoms with Gasteiger partial charge in [0.15, 0.2) is 5.69 Å². The number of carbonyl (C=O) groups excluding carboxylic acids is 4. The molecule has 10 nitrogen and oxygen atoms in total. The van der Waals surface area contributed by atoms with Crippen molar-refractivity contribution in [3.8, 4) is 5.69 Å². The van der Waals surface area contributed by atoms with Crippen molar-refractivity contribution in [1.82, 2.24) is 30.1 Å². The molecule has 0 spiro atoms. The van der Waals surface area contributed by atoms with Gasteiger partial charge in [0.1, 0.15) is 6.04 Å². The van der Waals surface area contributed by atoms with Crippen molar-refractivity contribution < 1.29 is 19.2 Å². The van der Waals surface area contributed by atoms with Crippen LogP contribution in [0.1, 0.15) is 64.9 Å². The summed E-state index contributed by atoms with van der Waals surface area (Å²) in [6.45, 7) is 0.313. The van der Waals surface area contributed by atoms with Crippen LogP contribution in [0.15, 0.2) is 36.5 Å². The first-order chi connectivity index (χ1) is 16.5. The Balaban J connectivity index is 1.23. The Bertz CT molecular complexity index is 1250. The Morgan fingerprint density at radius 3 is 2.82 bits per heavy atom. The first kappa shape index (κ1) is 20.8. The van der Waals surface area contributed by atoms with E-state index < -0.39 is 11.9 Å². The summed E-state index contributed by atoms with van der Waals surface area (Å²) in [6.07, 6.45) is 10.4. The summed E-state index contributed by atoms with van der Waals surface area (Å²) in [4.78, 5) is 53.5. The second kappa shape index (κ2) is 7.89. The molecule has 0 aliphatic carbocycles. The van der Waals surface area contributed by atoms with Crippen molar-refractivity contribution in [3.63, 3.8) is 0 Å². The highest BCUT2D eigenvalue weighted by Gasteiger charge is 2.39. The average Bonchev–Trinajstić information content (AvgIpc) is 3.43. The maximum Gasteiger partial charge on any atom is 0.276 e. The van der Waals surface area contributed by atoms with E-state index >= 15 is 0 Å². The topological polar surface area (TPSA) is 118 Å². The lowest BCUT2D eigenvalue weighted by molar-refractivity contribution is -0.136. The third-order valence-corrected chi connectivity index (χ3v) is 7.28. The smallest absolute Gasteiger partial charge is 0.276 e. The Labute approximate surface area is 195 Å². The van der Waals surface area contributed by atoms with Gasteiger partial charge >= 0.3 is 0 Å². The molecule has 3 atom stereocenters. The number of hydrogen-bond acceptors (Lipinski definition) is 6. The number of piperidine rings is 2. The van der Waals surface area contributed by atoms with Gasteiger partial charge in [-0.1, -0.05) is 23.4 Å². The number of carbonyl (C=O) groups is 4. The summed E-state index contributed by atoms with van der Waals surface area (Å²) < 4.78 is 1.50. The molecular weight excluding hydrogens is 436 g/mol. The standard InChI is InChI=1S/C24H24N6O4/c31-21-10-9-20(22(32)25-21)28-12-14-7-8-17(11-18(14)23(28)33)29-13-19(26-27-29)24(34)30-15-3-1-4-16(30)6-2-5-15/h1,3,7-8,11,13,15-16,20H,2,4-6,9-10,12H2,(H,25,31,32). The van der Waals surface area contributed by atoms with E-state index in [9.17, 15) is 19.2 Å². The molecule has 0 radical (unpaired) electrons. The van der Waals surface area contributed by atoms with Crippen LogP contribution in [0.25, 0.3) is 5.69 Å². The predicted molar refractivity (Wildman–Crippen MR) is 119 cm³/mol. The Morgan fingerprint density at radius 1 is 1.12 bits per heavy atom. The van der Waals surface area contributed by atoms with E-state index in [-0.39, 0.29) is 41.9 Å². The molecule has 2 saturated heterocycles. The van der Waals surface area contributed by atoms with Gasteiger partial charge in [-0.3, -0.25) is 24.5 Å². The minimum absolute atomic E-state index is 0.112. The van der Waals surface area contributed by atoms with E-state index in [2.05, 4.69) is 27.8 Å². The van der Waals surface area contributed by atoms with Gasteiger partial charge in [-0.2, -0.15) is 0 Å². The summed E-state index contributed by atoms with van der Waals surface area (Å²) in [7, 11) is 0. The Hall–Kier alpha value is -3.82. The van der Waals surface area contributed by atoms with E-state index in [1.54, 1.807) is 12.3 Å². The van der Waals surface area contributed by atoms with Crippen molar-refractivity contribution >= 4 is 23.6 Å². The molecule has 6 rings (SSSR count). The molecule has 1 aromatic heterocycles. The average molecular weight is 460 g/mol. The highest BCUT2D eigenvalue weighted by Crippen LogP contribution is 2.32. The van der Waals surface area contributed by atoms with Crippen LogP contribution in [0.2, 0.25) is 0 Å². The van der Waals surface area contributed by atoms with Gasteiger partial charge < -0.3 is 9.80 Å². The van der Waals surface area contributed by atoms with E-state index in [0.717, 1.165) is 31.2 Å². The van der Waals surface area contributed by atoms with E-state index in [0.29, 0.717) is 24.2 Å². The van der Waals surface area contributed by atoms with Gasteiger partial charge in [0.25, 0.3) is 11.8 Å². The zero-order valence-electron chi connectivity index (χ0n) is 18.5. The van der Waals surface area contributed by atoms with Crippen LogP contribution in [0.5, 0.6) is 0 Å². The molecule has 34 heavy (non-hydrogen) atoms. The molecule has 4 aliphatic rings. The highest BCUT2D eigenvalue weighted by molar-refractivity contribution is 6.05. The van der Waals surface area contributed by atoms with Gasteiger partial charge in [-0.15, -0.1) is 5.10 Å². The number of hydrogen-bond donors (Lipinski definition) is 1. The van der Waals surface area contributed by atoms with E-state index in [1.807, 2.05) is 17.0 Å². The summed E-state index contributed by atoms with van der Waals surface area (Å²) in [6, 6.07) is 5.02. The lowest BCUT2D eigenvalue weighted by atomic mass is 9.89. The third-order valence-electron chi connectivity index (χ3n) is 7.28. The summed E-state index contributed by atoms with van der Waals surface area (Å²) in [5, 5.41) is 10.6. The van der Waals surface area contributed by atoms with Crippen LogP contribution in [-0.2, 0) is 16.1 Å². The van der Waals surface area contributed by atoms with Crippen molar-refractivity contribution in [1.29, 1.82) is 0 Å². The summed E-state index contributed by atoms with van der Waals surface area (Å²) in [5.41, 5.74) is 2.19. The minimum Gasteiger partial charge on any atom is -0.327 e. The second-order valence-electron chi connectivity index (χ2n) is 9.32. The summed E-state index contributed by atoms with van der Waals surface area (Å²) in [5.74, 6) is -1.12. The van der Waals surface area contributed by atoms with Crippen molar-refractivity contribution in [2.45, 2.75) is 63.2 Å². The number of rotatable bonds is 3. The number of imide groups is 1. The van der Waals surface area contributed by atoms with Crippen LogP contribution < -0.4 is 5.32 Å².